The van der Waals surface area contributed by atoms with Gasteiger partial charge in [-0.2, -0.15) is 0 Å². The summed E-state index contributed by atoms with van der Waals surface area (Å²) < 4.78 is 21.3. The molecule has 4 nitrogen and oxygen atoms in total. The molecule has 17 heavy (non-hydrogen) atoms. The zero-order chi connectivity index (χ0) is 11.7. The van der Waals surface area contributed by atoms with Crippen LogP contribution in [0.25, 0.3) is 0 Å². The Hall–Kier alpha value is -1.26. The van der Waals surface area contributed by atoms with Crippen molar-refractivity contribution in [2.45, 2.75) is 18.6 Å². The van der Waals surface area contributed by atoms with E-state index < -0.39 is 0 Å². The van der Waals surface area contributed by atoms with Crippen LogP contribution in [-0.4, -0.2) is 39.1 Å². The van der Waals surface area contributed by atoms with Crippen LogP contribution >= 0.6 is 0 Å². The molecule has 0 amide bonds. The maximum atomic E-state index is 5.65. The van der Waals surface area contributed by atoms with Gasteiger partial charge >= 0.3 is 0 Å². The fraction of sp³-hybridized carbons (Fsp3) is 0.538. The SMILES string of the molecule is COc1cc(CC2CO2)ccc1OCC1CO1. The Labute approximate surface area is 100 Å². The van der Waals surface area contributed by atoms with E-state index in [2.05, 4.69) is 6.07 Å². The summed E-state index contributed by atoms with van der Waals surface area (Å²) in [7, 11) is 1.66. The van der Waals surface area contributed by atoms with Crippen LogP contribution in [-0.2, 0) is 15.9 Å². The van der Waals surface area contributed by atoms with Gasteiger partial charge in [-0.25, -0.2) is 0 Å². The van der Waals surface area contributed by atoms with Crippen molar-refractivity contribution in [2.75, 3.05) is 26.9 Å². The number of methoxy groups -OCH3 is 1. The third-order valence-corrected chi connectivity index (χ3v) is 2.92. The summed E-state index contributed by atoms with van der Waals surface area (Å²) in [5, 5.41) is 0. The van der Waals surface area contributed by atoms with E-state index in [-0.39, 0.29) is 6.10 Å². The largest absolute Gasteiger partial charge is 0.493 e. The molecular formula is C13H16O4. The van der Waals surface area contributed by atoms with E-state index in [9.17, 15) is 0 Å². The zero-order valence-electron chi connectivity index (χ0n) is 9.85. The van der Waals surface area contributed by atoms with E-state index in [4.69, 9.17) is 18.9 Å². The van der Waals surface area contributed by atoms with Crippen LogP contribution in [0.4, 0.5) is 0 Å². The zero-order valence-corrected chi connectivity index (χ0v) is 9.85. The van der Waals surface area contributed by atoms with Gasteiger partial charge in [0.25, 0.3) is 0 Å². The number of benzene rings is 1. The van der Waals surface area contributed by atoms with Crippen molar-refractivity contribution in [2.24, 2.45) is 0 Å². The molecular weight excluding hydrogens is 220 g/mol. The van der Waals surface area contributed by atoms with Gasteiger partial charge < -0.3 is 18.9 Å². The van der Waals surface area contributed by atoms with Gasteiger partial charge in [0.1, 0.15) is 12.7 Å². The summed E-state index contributed by atoms with van der Waals surface area (Å²) in [5.74, 6) is 1.56. The van der Waals surface area contributed by atoms with Crippen LogP contribution in [0.3, 0.4) is 0 Å². The third-order valence-electron chi connectivity index (χ3n) is 2.92. The second kappa shape index (κ2) is 4.55. The Balaban J connectivity index is 1.67. The first-order valence-electron chi connectivity index (χ1n) is 5.88. The van der Waals surface area contributed by atoms with Gasteiger partial charge in [0, 0.05) is 6.42 Å². The minimum atomic E-state index is 0.263. The quantitative estimate of drug-likeness (QED) is 0.700. The van der Waals surface area contributed by atoms with Crippen LogP contribution in [0.2, 0.25) is 0 Å². The molecule has 2 aliphatic rings. The molecule has 0 radical (unpaired) electrons. The average Bonchev–Trinajstić information content (AvgIpc) is 3.21. The van der Waals surface area contributed by atoms with Crippen molar-refractivity contribution in [3.05, 3.63) is 23.8 Å². The lowest BCUT2D eigenvalue weighted by atomic mass is 10.1. The van der Waals surface area contributed by atoms with Gasteiger partial charge in [0.15, 0.2) is 11.5 Å². The van der Waals surface area contributed by atoms with Gasteiger partial charge in [0.05, 0.1) is 26.4 Å². The van der Waals surface area contributed by atoms with Crippen LogP contribution < -0.4 is 9.47 Å². The highest BCUT2D eigenvalue weighted by Crippen LogP contribution is 2.30. The molecule has 0 spiro atoms. The molecule has 2 aliphatic heterocycles. The van der Waals surface area contributed by atoms with E-state index >= 15 is 0 Å². The lowest BCUT2D eigenvalue weighted by molar-refractivity contribution is 0.252. The minimum Gasteiger partial charge on any atom is -0.493 e. The predicted molar refractivity (Wildman–Crippen MR) is 61.7 cm³/mol. The van der Waals surface area contributed by atoms with Gasteiger partial charge in [-0.05, 0) is 17.7 Å². The number of hydrogen-bond acceptors (Lipinski definition) is 4. The Morgan fingerprint density at radius 2 is 1.94 bits per heavy atom. The molecule has 2 unspecified atom stereocenters. The van der Waals surface area contributed by atoms with E-state index in [0.29, 0.717) is 12.7 Å². The van der Waals surface area contributed by atoms with Crippen LogP contribution in [0.15, 0.2) is 18.2 Å². The van der Waals surface area contributed by atoms with E-state index in [1.807, 2.05) is 12.1 Å². The standard InChI is InChI=1S/C13H16O4/c1-14-13-5-9(4-10-6-15-10)2-3-12(13)17-8-11-7-16-11/h2-3,5,10-11H,4,6-8H2,1H3. The highest BCUT2D eigenvalue weighted by Gasteiger charge is 2.25. The fourth-order valence-electron chi connectivity index (χ4n) is 1.75. The molecule has 0 saturated carbocycles. The van der Waals surface area contributed by atoms with Crippen molar-refractivity contribution < 1.29 is 18.9 Å². The van der Waals surface area contributed by atoms with Crippen molar-refractivity contribution in [3.8, 4) is 11.5 Å². The normalized spacial score (nSPS) is 25.5. The molecule has 0 aromatic heterocycles. The maximum absolute atomic E-state index is 5.65. The van der Waals surface area contributed by atoms with Crippen LogP contribution in [0, 0.1) is 0 Å². The van der Waals surface area contributed by atoms with E-state index in [1.54, 1.807) is 7.11 Å². The van der Waals surface area contributed by atoms with Gasteiger partial charge in [-0.1, -0.05) is 6.07 Å². The third kappa shape index (κ3) is 2.90. The molecule has 92 valence electrons. The highest BCUT2D eigenvalue weighted by atomic mass is 16.6. The van der Waals surface area contributed by atoms with Gasteiger partial charge in [-0.3, -0.25) is 0 Å². The molecule has 0 aliphatic carbocycles. The summed E-state index contributed by atoms with van der Waals surface area (Å²) in [6, 6.07) is 6.04. The Morgan fingerprint density at radius 3 is 2.59 bits per heavy atom. The molecule has 4 heteroatoms. The molecule has 0 bridgehead atoms. The molecule has 3 rings (SSSR count). The van der Waals surface area contributed by atoms with Crippen LogP contribution in [0.1, 0.15) is 5.56 Å². The second-order valence-electron chi connectivity index (χ2n) is 4.41. The van der Waals surface area contributed by atoms with Crippen molar-refractivity contribution in [1.82, 2.24) is 0 Å². The lowest BCUT2D eigenvalue weighted by Crippen LogP contribution is -2.05. The molecule has 1 aromatic rings. The summed E-state index contributed by atoms with van der Waals surface area (Å²) in [6.45, 7) is 2.28. The Kier molecular flexibility index (Phi) is 2.91. The van der Waals surface area contributed by atoms with Crippen molar-refractivity contribution in [1.29, 1.82) is 0 Å². The number of rotatable bonds is 6. The first-order chi connectivity index (χ1) is 8.35. The van der Waals surface area contributed by atoms with Crippen molar-refractivity contribution >= 4 is 0 Å². The number of hydrogen-bond donors (Lipinski definition) is 0. The molecule has 2 saturated heterocycles. The topological polar surface area (TPSA) is 43.5 Å². The summed E-state index contributed by atoms with van der Waals surface area (Å²) in [6.07, 6.45) is 1.60. The fourth-order valence-corrected chi connectivity index (χ4v) is 1.75. The number of epoxide rings is 2. The van der Waals surface area contributed by atoms with E-state index in [0.717, 1.165) is 31.1 Å². The molecule has 0 N–H and O–H groups in total. The van der Waals surface area contributed by atoms with E-state index in [1.165, 1.54) is 5.56 Å². The smallest absolute Gasteiger partial charge is 0.161 e. The molecule has 2 fully saturated rings. The Morgan fingerprint density at radius 1 is 1.18 bits per heavy atom. The molecule has 1 aromatic carbocycles. The first-order valence-corrected chi connectivity index (χ1v) is 5.88. The predicted octanol–water partition coefficient (Wildman–Crippen LogP) is 1.41. The summed E-state index contributed by atoms with van der Waals surface area (Å²) in [5.41, 5.74) is 1.22. The van der Waals surface area contributed by atoms with Gasteiger partial charge in [0.2, 0.25) is 0 Å². The second-order valence-corrected chi connectivity index (χ2v) is 4.41. The average molecular weight is 236 g/mol. The minimum absolute atomic E-state index is 0.263. The molecule has 2 atom stereocenters. The lowest BCUT2D eigenvalue weighted by Gasteiger charge is -2.11. The number of ether oxygens (including phenoxy) is 4. The summed E-state index contributed by atoms with van der Waals surface area (Å²) >= 11 is 0. The monoisotopic (exact) mass is 236 g/mol. The first kappa shape index (κ1) is 10.9. The van der Waals surface area contributed by atoms with Gasteiger partial charge in [-0.15, -0.1) is 0 Å². The summed E-state index contributed by atoms with van der Waals surface area (Å²) in [4.78, 5) is 0. The van der Waals surface area contributed by atoms with Crippen molar-refractivity contribution in [3.63, 3.8) is 0 Å². The Bertz CT molecular complexity index is 396. The molecule has 2 heterocycles. The maximum Gasteiger partial charge on any atom is 0.161 e. The highest BCUT2D eigenvalue weighted by molar-refractivity contribution is 5.43. The van der Waals surface area contributed by atoms with Crippen LogP contribution in [0.5, 0.6) is 11.5 Å².